The minimum absolute atomic E-state index is 0. The van der Waals surface area contributed by atoms with Crippen molar-refractivity contribution >= 4 is 41.5 Å². The van der Waals surface area contributed by atoms with Crippen molar-refractivity contribution in [1.29, 1.82) is 0 Å². The summed E-state index contributed by atoms with van der Waals surface area (Å²) in [5, 5.41) is 6.03. The number of rotatable bonds is 3. The second-order valence-electron chi connectivity index (χ2n) is 4.55. The number of nitrogens with one attached hydrogen (secondary N) is 2. The highest BCUT2D eigenvalue weighted by molar-refractivity contribution is 6.36. The van der Waals surface area contributed by atoms with Gasteiger partial charge in [-0.1, -0.05) is 23.2 Å². The van der Waals surface area contributed by atoms with Crippen LogP contribution in [0.1, 0.15) is 18.5 Å². The van der Waals surface area contributed by atoms with Crippen LogP contribution >= 0.6 is 35.6 Å². The minimum Gasteiger partial charge on any atom is -0.366 e. The molecule has 1 fully saturated rings. The maximum Gasteiger partial charge on any atom is 0.250 e. The number of amides is 1. The van der Waals surface area contributed by atoms with Gasteiger partial charge < -0.3 is 15.4 Å². The van der Waals surface area contributed by atoms with E-state index in [0.717, 1.165) is 6.54 Å². The predicted octanol–water partition coefficient (Wildman–Crippen LogP) is 2.72. The summed E-state index contributed by atoms with van der Waals surface area (Å²) >= 11 is 11.9. The molecule has 4 nitrogen and oxygen atoms in total. The fourth-order valence-electron chi connectivity index (χ4n) is 2.05. The normalized spacial score (nSPS) is 19.5. The number of ether oxygens (including phenoxy) is 1. The Bertz CT molecular complexity index is 510. The van der Waals surface area contributed by atoms with Gasteiger partial charge in [0, 0.05) is 23.7 Å². The molecule has 0 radical (unpaired) electrons. The standard InChI is InChI=1S/C13H15Cl2FN2O2.ClH/c1-7(11-8(14)2-3-9(16)12(11)15)18-13(19)10-6-17-4-5-20-10;/h2-3,7,10,17H,4-6H2,1H3,(H,18,19);1H. The molecule has 2 N–H and O–H groups in total. The number of hydrogen-bond acceptors (Lipinski definition) is 3. The zero-order valence-corrected chi connectivity index (χ0v) is 13.6. The Balaban J connectivity index is 0.00000220. The van der Waals surface area contributed by atoms with Gasteiger partial charge in [-0.2, -0.15) is 0 Å². The van der Waals surface area contributed by atoms with Crippen molar-refractivity contribution in [3.63, 3.8) is 0 Å². The van der Waals surface area contributed by atoms with Crippen molar-refractivity contribution in [3.05, 3.63) is 33.6 Å². The van der Waals surface area contributed by atoms with Crippen molar-refractivity contribution in [2.75, 3.05) is 19.7 Å². The van der Waals surface area contributed by atoms with E-state index < -0.39 is 18.0 Å². The van der Waals surface area contributed by atoms with E-state index in [-0.39, 0.29) is 23.3 Å². The third kappa shape index (κ3) is 4.44. The van der Waals surface area contributed by atoms with Crippen LogP contribution in [0.3, 0.4) is 0 Å². The highest BCUT2D eigenvalue weighted by atomic mass is 35.5. The Labute approximate surface area is 138 Å². The molecule has 0 aromatic heterocycles. The molecule has 118 valence electrons. The van der Waals surface area contributed by atoms with Gasteiger partial charge in [0.1, 0.15) is 11.9 Å². The number of carbonyl (C=O) groups is 1. The van der Waals surface area contributed by atoms with Crippen LogP contribution in [-0.4, -0.2) is 31.7 Å². The van der Waals surface area contributed by atoms with Gasteiger partial charge in [-0.25, -0.2) is 4.39 Å². The van der Waals surface area contributed by atoms with E-state index in [4.69, 9.17) is 27.9 Å². The van der Waals surface area contributed by atoms with Gasteiger partial charge in [0.2, 0.25) is 0 Å². The quantitative estimate of drug-likeness (QED) is 0.818. The first-order chi connectivity index (χ1) is 9.50. The SMILES string of the molecule is CC(NC(=O)C1CNCCO1)c1c(Cl)ccc(F)c1Cl.Cl. The first-order valence-electron chi connectivity index (χ1n) is 6.26. The lowest BCUT2D eigenvalue weighted by Gasteiger charge is -2.25. The summed E-state index contributed by atoms with van der Waals surface area (Å²) in [6.07, 6.45) is -0.558. The fraction of sp³-hybridized carbons (Fsp3) is 0.462. The third-order valence-corrected chi connectivity index (χ3v) is 3.80. The van der Waals surface area contributed by atoms with Crippen molar-refractivity contribution in [3.8, 4) is 0 Å². The number of benzene rings is 1. The van der Waals surface area contributed by atoms with Gasteiger partial charge in [0.15, 0.2) is 0 Å². The molecular weight excluding hydrogens is 342 g/mol. The largest absolute Gasteiger partial charge is 0.366 e. The maximum atomic E-state index is 13.5. The molecule has 0 saturated carbocycles. The van der Waals surface area contributed by atoms with Crippen LogP contribution in [0.2, 0.25) is 10.0 Å². The van der Waals surface area contributed by atoms with Crippen LogP contribution in [0.5, 0.6) is 0 Å². The monoisotopic (exact) mass is 356 g/mol. The van der Waals surface area contributed by atoms with Crippen molar-refractivity contribution in [2.45, 2.75) is 19.1 Å². The Morgan fingerprint density at radius 1 is 1.52 bits per heavy atom. The molecule has 0 aliphatic carbocycles. The zero-order chi connectivity index (χ0) is 14.7. The van der Waals surface area contributed by atoms with Crippen LogP contribution in [-0.2, 0) is 9.53 Å². The van der Waals surface area contributed by atoms with E-state index >= 15 is 0 Å². The van der Waals surface area contributed by atoms with E-state index in [1.54, 1.807) is 6.92 Å². The van der Waals surface area contributed by atoms with Crippen LogP contribution < -0.4 is 10.6 Å². The molecule has 0 bridgehead atoms. The molecule has 1 heterocycles. The van der Waals surface area contributed by atoms with Gasteiger partial charge >= 0.3 is 0 Å². The third-order valence-electron chi connectivity index (χ3n) is 3.09. The molecule has 0 spiro atoms. The molecule has 2 atom stereocenters. The van der Waals surface area contributed by atoms with Crippen LogP contribution in [0.15, 0.2) is 12.1 Å². The molecular formula is C13H16Cl3FN2O2. The molecule has 2 rings (SSSR count). The van der Waals surface area contributed by atoms with Crippen LogP contribution in [0, 0.1) is 5.82 Å². The number of hydrogen-bond donors (Lipinski definition) is 2. The van der Waals surface area contributed by atoms with Gasteiger partial charge in [-0.05, 0) is 19.1 Å². The van der Waals surface area contributed by atoms with Gasteiger partial charge in [-0.3, -0.25) is 4.79 Å². The highest BCUT2D eigenvalue weighted by Crippen LogP contribution is 2.32. The molecule has 1 aliphatic heterocycles. The van der Waals surface area contributed by atoms with Gasteiger partial charge in [0.05, 0.1) is 17.7 Å². The number of morpholine rings is 1. The van der Waals surface area contributed by atoms with E-state index in [2.05, 4.69) is 10.6 Å². The van der Waals surface area contributed by atoms with Gasteiger partial charge in [-0.15, -0.1) is 12.4 Å². The molecule has 1 saturated heterocycles. The molecule has 1 aliphatic rings. The summed E-state index contributed by atoms with van der Waals surface area (Å²) in [4.78, 5) is 12.0. The minimum atomic E-state index is -0.567. The van der Waals surface area contributed by atoms with E-state index in [0.29, 0.717) is 23.7 Å². The lowest BCUT2D eigenvalue weighted by Crippen LogP contribution is -2.48. The average molecular weight is 358 g/mol. The lowest BCUT2D eigenvalue weighted by molar-refractivity contribution is -0.134. The molecule has 1 aromatic rings. The molecule has 21 heavy (non-hydrogen) atoms. The Morgan fingerprint density at radius 2 is 2.24 bits per heavy atom. The Hall–Kier alpha value is -0.590. The van der Waals surface area contributed by atoms with Crippen LogP contribution in [0.4, 0.5) is 4.39 Å². The zero-order valence-electron chi connectivity index (χ0n) is 11.3. The maximum absolute atomic E-state index is 13.5. The van der Waals surface area contributed by atoms with Crippen LogP contribution in [0.25, 0.3) is 0 Å². The highest BCUT2D eigenvalue weighted by Gasteiger charge is 2.25. The molecule has 8 heteroatoms. The second-order valence-corrected chi connectivity index (χ2v) is 5.34. The smallest absolute Gasteiger partial charge is 0.250 e. The Morgan fingerprint density at radius 3 is 2.86 bits per heavy atom. The number of halogens is 4. The lowest BCUT2D eigenvalue weighted by atomic mass is 10.1. The average Bonchev–Trinajstić information content (AvgIpc) is 2.44. The van der Waals surface area contributed by atoms with Gasteiger partial charge in [0.25, 0.3) is 5.91 Å². The summed E-state index contributed by atoms with van der Waals surface area (Å²) in [7, 11) is 0. The fourth-order valence-corrected chi connectivity index (χ4v) is 2.75. The first-order valence-corrected chi connectivity index (χ1v) is 7.02. The van der Waals surface area contributed by atoms with Crippen molar-refractivity contribution in [1.82, 2.24) is 10.6 Å². The predicted molar refractivity (Wildman–Crippen MR) is 82.8 cm³/mol. The molecule has 2 unspecified atom stereocenters. The van der Waals surface area contributed by atoms with E-state index in [1.807, 2.05) is 0 Å². The molecule has 1 aromatic carbocycles. The topological polar surface area (TPSA) is 50.4 Å². The summed E-state index contributed by atoms with van der Waals surface area (Å²) in [5.41, 5.74) is 0.366. The first kappa shape index (κ1) is 18.5. The second kappa shape index (κ2) is 8.15. The molecule has 1 amide bonds. The summed E-state index contributed by atoms with van der Waals surface area (Å²) in [6, 6.07) is 2.10. The summed E-state index contributed by atoms with van der Waals surface area (Å²) in [6.45, 7) is 3.35. The van der Waals surface area contributed by atoms with E-state index in [9.17, 15) is 9.18 Å². The summed E-state index contributed by atoms with van der Waals surface area (Å²) in [5.74, 6) is -0.844. The Kier molecular flexibility index (Phi) is 7.16. The number of carbonyl (C=O) groups excluding carboxylic acids is 1. The summed E-state index contributed by atoms with van der Waals surface area (Å²) < 4.78 is 18.8. The van der Waals surface area contributed by atoms with Crippen molar-refractivity contribution < 1.29 is 13.9 Å². The van der Waals surface area contributed by atoms with E-state index in [1.165, 1.54) is 12.1 Å². The van der Waals surface area contributed by atoms with Crippen molar-refractivity contribution in [2.24, 2.45) is 0 Å².